The molecule has 0 saturated heterocycles. The van der Waals surface area contributed by atoms with Gasteiger partial charge in [-0.15, -0.1) is 0 Å². The van der Waals surface area contributed by atoms with E-state index in [-0.39, 0.29) is 0 Å². The molecule has 0 aliphatic carbocycles. The molecule has 140 valence electrons. The van der Waals surface area contributed by atoms with Crippen LogP contribution in [0.2, 0.25) is 0 Å². The summed E-state index contributed by atoms with van der Waals surface area (Å²) in [6.07, 6.45) is 7.24. The molecule has 1 aliphatic heterocycles. The highest BCUT2D eigenvalue weighted by Crippen LogP contribution is 2.50. The predicted molar refractivity (Wildman–Crippen MR) is 121 cm³/mol. The molecule has 4 aromatic heterocycles. The van der Waals surface area contributed by atoms with E-state index in [0.29, 0.717) is 0 Å². The molecule has 2 aromatic carbocycles. The number of pyridine rings is 4. The molecule has 0 saturated carbocycles. The van der Waals surface area contributed by atoms with Gasteiger partial charge in [0.15, 0.2) is 0 Å². The van der Waals surface area contributed by atoms with Crippen LogP contribution in [0.5, 0.6) is 0 Å². The summed E-state index contributed by atoms with van der Waals surface area (Å²) in [5.74, 6) is 0. The van der Waals surface area contributed by atoms with Crippen LogP contribution in [0, 0.1) is 0 Å². The van der Waals surface area contributed by atoms with E-state index in [0.717, 1.165) is 66.4 Å². The van der Waals surface area contributed by atoms with Crippen molar-refractivity contribution in [3.05, 3.63) is 73.3 Å². The van der Waals surface area contributed by atoms with Gasteiger partial charge in [0, 0.05) is 46.3 Å². The molecule has 6 aromatic rings. The molecule has 6 nitrogen and oxygen atoms in total. The lowest BCUT2D eigenvalue weighted by molar-refractivity contribution is 1.36. The van der Waals surface area contributed by atoms with Crippen molar-refractivity contribution < 1.29 is 0 Å². The third-order valence-electron chi connectivity index (χ3n) is 5.76. The van der Waals surface area contributed by atoms with Crippen LogP contribution in [-0.2, 0) is 0 Å². The zero-order valence-corrected chi connectivity index (χ0v) is 15.7. The highest BCUT2D eigenvalue weighted by atomic mass is 15.1. The second-order valence-electron chi connectivity index (χ2n) is 7.35. The van der Waals surface area contributed by atoms with Crippen molar-refractivity contribution >= 4 is 66.4 Å². The van der Waals surface area contributed by atoms with Crippen molar-refractivity contribution in [1.29, 1.82) is 0 Å². The van der Waals surface area contributed by atoms with Crippen LogP contribution in [0.4, 0.5) is 22.7 Å². The van der Waals surface area contributed by atoms with Gasteiger partial charge in [0.25, 0.3) is 0 Å². The van der Waals surface area contributed by atoms with Gasteiger partial charge in [0.1, 0.15) is 0 Å². The summed E-state index contributed by atoms with van der Waals surface area (Å²) in [7, 11) is 0. The van der Waals surface area contributed by atoms with E-state index in [2.05, 4.69) is 54.8 Å². The number of hydrogen-bond acceptors (Lipinski definition) is 6. The van der Waals surface area contributed by atoms with Gasteiger partial charge in [-0.2, -0.15) is 0 Å². The quantitative estimate of drug-likeness (QED) is 0.327. The van der Waals surface area contributed by atoms with E-state index in [9.17, 15) is 0 Å². The van der Waals surface area contributed by atoms with Crippen LogP contribution in [0.15, 0.2) is 73.3 Å². The first kappa shape index (κ1) is 15.6. The van der Waals surface area contributed by atoms with Crippen LogP contribution in [-0.4, -0.2) is 19.9 Å². The molecule has 0 radical (unpaired) electrons. The molecule has 0 bridgehead atoms. The Morgan fingerprint density at radius 3 is 0.933 bits per heavy atom. The molecule has 1 aliphatic rings. The van der Waals surface area contributed by atoms with Crippen molar-refractivity contribution in [3.63, 3.8) is 0 Å². The average molecular weight is 386 g/mol. The Morgan fingerprint density at radius 2 is 0.667 bits per heavy atom. The number of nitrogens with zero attached hydrogens (tertiary/aromatic N) is 4. The molecule has 30 heavy (non-hydrogen) atoms. The van der Waals surface area contributed by atoms with E-state index >= 15 is 0 Å². The summed E-state index contributed by atoms with van der Waals surface area (Å²) in [6, 6.07) is 16.2. The molecular weight excluding hydrogens is 372 g/mol. The first-order valence-corrected chi connectivity index (χ1v) is 9.75. The standard InChI is InChI=1S/C24H14N6/c1-5-13-17(25-9-1)18-14(6-2-10-26-18)22-21(13)29-23-15-7-3-11-27-19(15)20-16(24(23)30-22)8-4-12-28-20/h1-12,29-30H. The lowest BCUT2D eigenvalue weighted by Crippen LogP contribution is -2.10. The number of hydrogen-bond donors (Lipinski definition) is 2. The molecule has 0 atom stereocenters. The van der Waals surface area contributed by atoms with Gasteiger partial charge in [-0.05, 0) is 48.5 Å². The predicted octanol–water partition coefficient (Wildman–Crippen LogP) is 5.68. The normalized spacial score (nSPS) is 12.5. The first-order chi connectivity index (χ1) is 14.9. The fourth-order valence-electron chi connectivity index (χ4n) is 4.49. The lowest BCUT2D eigenvalue weighted by Gasteiger charge is -2.28. The Labute approximate surface area is 170 Å². The van der Waals surface area contributed by atoms with Crippen LogP contribution in [0.3, 0.4) is 0 Å². The summed E-state index contributed by atoms with van der Waals surface area (Å²) in [4.78, 5) is 18.5. The topological polar surface area (TPSA) is 75.6 Å². The maximum atomic E-state index is 4.63. The Bertz CT molecular complexity index is 1410. The van der Waals surface area contributed by atoms with Crippen molar-refractivity contribution in [2.75, 3.05) is 10.6 Å². The largest absolute Gasteiger partial charge is 0.351 e. The van der Waals surface area contributed by atoms with Crippen LogP contribution in [0.25, 0.3) is 43.6 Å². The summed E-state index contributed by atoms with van der Waals surface area (Å²) < 4.78 is 0. The smallest absolute Gasteiger partial charge is 0.0987 e. The van der Waals surface area contributed by atoms with Gasteiger partial charge in [-0.3, -0.25) is 19.9 Å². The third kappa shape index (κ3) is 1.92. The molecule has 2 N–H and O–H groups in total. The summed E-state index contributed by atoms with van der Waals surface area (Å²) in [6.45, 7) is 0. The summed E-state index contributed by atoms with van der Waals surface area (Å²) >= 11 is 0. The van der Waals surface area contributed by atoms with Gasteiger partial charge in [0.05, 0.1) is 44.8 Å². The third-order valence-corrected chi connectivity index (χ3v) is 5.76. The number of rotatable bonds is 0. The van der Waals surface area contributed by atoms with E-state index < -0.39 is 0 Å². The minimum absolute atomic E-state index is 0.884. The molecular formula is C24H14N6. The van der Waals surface area contributed by atoms with Gasteiger partial charge in [-0.25, -0.2) is 0 Å². The second-order valence-corrected chi connectivity index (χ2v) is 7.35. The van der Waals surface area contributed by atoms with Gasteiger partial charge >= 0.3 is 0 Å². The maximum absolute atomic E-state index is 4.63. The van der Waals surface area contributed by atoms with Crippen molar-refractivity contribution in [1.82, 2.24) is 19.9 Å². The van der Waals surface area contributed by atoms with Crippen molar-refractivity contribution in [2.45, 2.75) is 0 Å². The fourth-order valence-corrected chi connectivity index (χ4v) is 4.49. The second kappa shape index (κ2) is 5.61. The van der Waals surface area contributed by atoms with Crippen LogP contribution in [0.1, 0.15) is 0 Å². The number of benzene rings is 2. The van der Waals surface area contributed by atoms with E-state index in [1.165, 1.54) is 0 Å². The van der Waals surface area contributed by atoms with Crippen LogP contribution < -0.4 is 10.6 Å². The molecule has 0 spiro atoms. The van der Waals surface area contributed by atoms with Crippen molar-refractivity contribution in [3.8, 4) is 0 Å². The monoisotopic (exact) mass is 386 g/mol. The van der Waals surface area contributed by atoms with E-state index in [1.54, 1.807) is 0 Å². The zero-order valence-electron chi connectivity index (χ0n) is 15.7. The van der Waals surface area contributed by atoms with Crippen molar-refractivity contribution in [2.24, 2.45) is 0 Å². The fraction of sp³-hybridized carbons (Fsp3) is 0. The van der Waals surface area contributed by atoms with E-state index in [1.807, 2.05) is 49.1 Å². The summed E-state index contributed by atoms with van der Waals surface area (Å²) in [5, 5.41) is 11.5. The van der Waals surface area contributed by atoms with Crippen LogP contribution >= 0.6 is 0 Å². The Kier molecular flexibility index (Phi) is 2.91. The summed E-state index contributed by atoms with van der Waals surface area (Å²) in [5.41, 5.74) is 7.53. The molecule has 5 heterocycles. The van der Waals surface area contributed by atoms with Gasteiger partial charge < -0.3 is 10.6 Å². The highest BCUT2D eigenvalue weighted by Gasteiger charge is 2.25. The number of fused-ring (bicyclic) bond motifs is 12. The molecule has 7 rings (SSSR count). The van der Waals surface area contributed by atoms with E-state index in [4.69, 9.17) is 0 Å². The number of aromatic nitrogens is 4. The first-order valence-electron chi connectivity index (χ1n) is 9.75. The molecule has 0 unspecified atom stereocenters. The Hall–Kier alpha value is -4.32. The minimum Gasteiger partial charge on any atom is -0.351 e. The molecule has 6 heteroatoms. The number of anilines is 4. The molecule has 0 amide bonds. The minimum atomic E-state index is 0.884. The SMILES string of the molecule is c1cnc2c(c1)c1c(c3cccnc32)Nc2c(c3cccnc3c3ncccc23)N1. The van der Waals surface area contributed by atoms with Gasteiger partial charge in [-0.1, -0.05) is 0 Å². The van der Waals surface area contributed by atoms with Gasteiger partial charge in [0.2, 0.25) is 0 Å². The lowest BCUT2D eigenvalue weighted by atomic mass is 9.99. The zero-order chi connectivity index (χ0) is 19.7. The number of nitrogens with one attached hydrogen (secondary N) is 2. The highest BCUT2D eigenvalue weighted by molar-refractivity contribution is 6.26. The Morgan fingerprint density at radius 1 is 0.400 bits per heavy atom. The Balaban J connectivity index is 1.66. The molecule has 0 fully saturated rings. The maximum Gasteiger partial charge on any atom is 0.0987 e. The average Bonchev–Trinajstić information content (AvgIpc) is 2.83.